The molecule has 2 heteroatoms. The number of aryl methyl sites for hydroxylation is 1. The van der Waals surface area contributed by atoms with Gasteiger partial charge in [-0.05, 0) is 42.3 Å². The van der Waals surface area contributed by atoms with Gasteiger partial charge in [0.15, 0.2) is 0 Å². The molecule has 0 saturated carbocycles. The smallest absolute Gasteiger partial charge is 0.119 e. The highest BCUT2D eigenvalue weighted by atomic mass is 32.1. The molecule has 0 spiro atoms. The van der Waals surface area contributed by atoms with Crippen LogP contribution in [0.4, 0.5) is 0 Å². The van der Waals surface area contributed by atoms with Gasteiger partial charge in [-0.1, -0.05) is 12.7 Å². The molecule has 0 aromatic heterocycles. The zero-order valence-electron chi connectivity index (χ0n) is 8.45. The molecule has 0 unspecified atom stereocenters. The highest BCUT2D eigenvalue weighted by Gasteiger charge is 2.01. The van der Waals surface area contributed by atoms with Crippen LogP contribution in [0, 0.1) is 6.92 Å². The van der Waals surface area contributed by atoms with Crippen LogP contribution in [0.15, 0.2) is 36.9 Å². The number of hydrogen-bond acceptors (Lipinski definition) is 2. The van der Waals surface area contributed by atoms with Crippen LogP contribution in [-0.4, -0.2) is 7.11 Å². The van der Waals surface area contributed by atoms with Crippen LogP contribution in [-0.2, 0) is 0 Å². The average Bonchev–Trinajstić information content (AvgIpc) is 2.17. The molecule has 1 aromatic carbocycles. The Hall–Kier alpha value is -1.15. The Bertz CT molecular complexity index is 367. The van der Waals surface area contributed by atoms with Crippen LogP contribution in [0.2, 0.25) is 0 Å². The molecule has 0 fully saturated rings. The highest BCUT2D eigenvalue weighted by Crippen LogP contribution is 2.25. The average molecular weight is 206 g/mol. The van der Waals surface area contributed by atoms with Crippen molar-refractivity contribution in [2.75, 3.05) is 7.11 Å². The van der Waals surface area contributed by atoms with Crippen LogP contribution in [0.5, 0.6) is 5.75 Å². The van der Waals surface area contributed by atoms with E-state index in [1.165, 1.54) is 0 Å². The van der Waals surface area contributed by atoms with E-state index in [2.05, 4.69) is 19.2 Å². The fraction of sp³-hybridized carbons (Fsp3) is 0.167. The lowest BCUT2D eigenvalue weighted by molar-refractivity contribution is 0.414. The fourth-order valence-electron chi connectivity index (χ4n) is 1.25. The Morgan fingerprint density at radius 1 is 1.50 bits per heavy atom. The summed E-state index contributed by atoms with van der Waals surface area (Å²) in [7, 11) is 1.66. The van der Waals surface area contributed by atoms with Gasteiger partial charge in [0.2, 0.25) is 0 Å². The van der Waals surface area contributed by atoms with E-state index in [-0.39, 0.29) is 0 Å². The molecule has 0 amide bonds. The van der Waals surface area contributed by atoms with E-state index < -0.39 is 0 Å². The van der Waals surface area contributed by atoms with E-state index in [1.54, 1.807) is 13.2 Å². The number of rotatable bonds is 3. The van der Waals surface area contributed by atoms with Crippen LogP contribution in [0.25, 0.3) is 4.91 Å². The summed E-state index contributed by atoms with van der Waals surface area (Å²) in [6.45, 7) is 5.67. The fourth-order valence-corrected chi connectivity index (χ4v) is 1.61. The molecule has 1 aromatic rings. The normalized spacial score (nSPS) is 11.2. The van der Waals surface area contributed by atoms with Crippen LogP contribution in [0.3, 0.4) is 0 Å². The van der Waals surface area contributed by atoms with E-state index in [9.17, 15) is 0 Å². The third kappa shape index (κ3) is 2.42. The summed E-state index contributed by atoms with van der Waals surface area (Å²) >= 11 is 4.38. The number of methoxy groups -OCH3 is 1. The van der Waals surface area contributed by atoms with Crippen molar-refractivity contribution in [3.05, 3.63) is 48.1 Å². The van der Waals surface area contributed by atoms with Gasteiger partial charge in [0, 0.05) is 4.91 Å². The van der Waals surface area contributed by atoms with Crippen LogP contribution < -0.4 is 4.74 Å². The zero-order chi connectivity index (χ0) is 10.6. The van der Waals surface area contributed by atoms with Crippen molar-refractivity contribution in [1.29, 1.82) is 0 Å². The first kappa shape index (κ1) is 10.9. The van der Waals surface area contributed by atoms with Crippen molar-refractivity contribution in [2.45, 2.75) is 6.92 Å². The molecule has 0 N–H and O–H groups in total. The minimum Gasteiger partial charge on any atom is -0.497 e. The standard InChI is InChI=1S/C12H14OS/c1-4-5-12(14)11-7-6-10(13-3)8-9(11)2/h4-8,14H,1H2,2-3H3/b12-5-. The second-order valence-electron chi connectivity index (χ2n) is 2.97. The number of ether oxygens (including phenoxy) is 1. The largest absolute Gasteiger partial charge is 0.497 e. The number of hydrogen-bond donors (Lipinski definition) is 1. The Labute approximate surface area is 90.5 Å². The molecule has 0 radical (unpaired) electrons. The number of benzene rings is 1. The number of thiol groups is 1. The monoisotopic (exact) mass is 206 g/mol. The summed E-state index contributed by atoms with van der Waals surface area (Å²) in [5.74, 6) is 0.867. The highest BCUT2D eigenvalue weighted by molar-refractivity contribution is 7.90. The van der Waals surface area contributed by atoms with Gasteiger partial charge in [0.25, 0.3) is 0 Å². The predicted octanol–water partition coefficient (Wildman–Crippen LogP) is 3.46. The minimum atomic E-state index is 0.867. The van der Waals surface area contributed by atoms with Crippen LogP contribution >= 0.6 is 12.6 Å². The summed E-state index contributed by atoms with van der Waals surface area (Å²) in [5, 5.41) is 0. The minimum absolute atomic E-state index is 0.867. The summed E-state index contributed by atoms with van der Waals surface area (Å²) in [4.78, 5) is 0.917. The van der Waals surface area contributed by atoms with Crippen molar-refractivity contribution in [3.8, 4) is 5.75 Å². The van der Waals surface area contributed by atoms with Crippen molar-refractivity contribution < 1.29 is 4.74 Å². The third-order valence-corrected chi connectivity index (χ3v) is 2.38. The number of allylic oxidation sites excluding steroid dienone is 2. The maximum absolute atomic E-state index is 5.13. The van der Waals surface area contributed by atoms with Crippen LogP contribution in [0.1, 0.15) is 11.1 Å². The molecule has 0 saturated heterocycles. The summed E-state index contributed by atoms with van der Waals surface area (Å²) < 4.78 is 5.13. The second kappa shape index (κ2) is 4.91. The Kier molecular flexibility index (Phi) is 3.84. The predicted molar refractivity (Wildman–Crippen MR) is 64.9 cm³/mol. The molecule has 1 nitrogen and oxygen atoms in total. The zero-order valence-corrected chi connectivity index (χ0v) is 9.34. The summed E-state index contributed by atoms with van der Waals surface area (Å²) in [6, 6.07) is 5.91. The molecule has 14 heavy (non-hydrogen) atoms. The maximum atomic E-state index is 5.13. The molecule has 0 aliphatic rings. The van der Waals surface area contributed by atoms with E-state index >= 15 is 0 Å². The van der Waals surface area contributed by atoms with Crippen molar-refractivity contribution in [2.24, 2.45) is 0 Å². The van der Waals surface area contributed by atoms with Crippen molar-refractivity contribution >= 4 is 17.5 Å². The van der Waals surface area contributed by atoms with Gasteiger partial charge < -0.3 is 4.74 Å². The lowest BCUT2D eigenvalue weighted by Gasteiger charge is -2.07. The van der Waals surface area contributed by atoms with Gasteiger partial charge in [-0.25, -0.2) is 0 Å². The quantitative estimate of drug-likeness (QED) is 0.588. The van der Waals surface area contributed by atoms with Gasteiger partial charge in [-0.3, -0.25) is 0 Å². The van der Waals surface area contributed by atoms with Gasteiger partial charge in [0.05, 0.1) is 7.11 Å². The summed E-state index contributed by atoms with van der Waals surface area (Å²) in [5.41, 5.74) is 2.25. The van der Waals surface area contributed by atoms with Crippen molar-refractivity contribution in [1.82, 2.24) is 0 Å². The Morgan fingerprint density at radius 3 is 2.71 bits per heavy atom. The van der Waals surface area contributed by atoms with Gasteiger partial charge in [0.1, 0.15) is 5.75 Å². The Morgan fingerprint density at radius 2 is 2.21 bits per heavy atom. The molecule has 0 aliphatic heterocycles. The van der Waals surface area contributed by atoms with E-state index in [0.717, 1.165) is 21.8 Å². The van der Waals surface area contributed by atoms with E-state index in [1.807, 2.05) is 31.2 Å². The van der Waals surface area contributed by atoms with Gasteiger partial charge in [-0.2, -0.15) is 0 Å². The van der Waals surface area contributed by atoms with E-state index in [4.69, 9.17) is 4.74 Å². The molecule has 0 atom stereocenters. The molecule has 0 bridgehead atoms. The lowest BCUT2D eigenvalue weighted by atomic mass is 10.1. The first-order valence-corrected chi connectivity index (χ1v) is 4.80. The van der Waals surface area contributed by atoms with E-state index in [0.29, 0.717) is 0 Å². The molecular weight excluding hydrogens is 192 g/mol. The first-order chi connectivity index (χ1) is 6.69. The lowest BCUT2D eigenvalue weighted by Crippen LogP contribution is -1.87. The molecule has 0 heterocycles. The third-order valence-electron chi connectivity index (χ3n) is 1.99. The maximum Gasteiger partial charge on any atom is 0.119 e. The molecule has 74 valence electrons. The van der Waals surface area contributed by atoms with Gasteiger partial charge >= 0.3 is 0 Å². The van der Waals surface area contributed by atoms with Crippen molar-refractivity contribution in [3.63, 3.8) is 0 Å². The molecular formula is C12H14OS. The summed E-state index contributed by atoms with van der Waals surface area (Å²) in [6.07, 6.45) is 3.60. The topological polar surface area (TPSA) is 9.23 Å². The van der Waals surface area contributed by atoms with Gasteiger partial charge in [-0.15, -0.1) is 12.6 Å². The molecule has 0 aliphatic carbocycles. The first-order valence-electron chi connectivity index (χ1n) is 4.35. The second-order valence-corrected chi connectivity index (χ2v) is 3.45. The Balaban J connectivity index is 3.11. The SMILES string of the molecule is C=C/C=C(\S)c1ccc(OC)cc1C. The molecule has 1 rings (SSSR count).